The molecule has 3 rings (SSSR count). The number of benzene rings is 3. The van der Waals surface area contributed by atoms with Crippen LogP contribution in [0.15, 0.2) is 60.7 Å². The number of unbranched alkanes of at least 4 members (excludes halogenated alkanes) is 9. The molecule has 0 unspecified atom stereocenters. The summed E-state index contributed by atoms with van der Waals surface area (Å²) in [6.45, 7) is 4.40. The van der Waals surface area contributed by atoms with Gasteiger partial charge >= 0.3 is 5.97 Å². The van der Waals surface area contributed by atoms with Crippen LogP contribution < -0.4 is 4.74 Å². The van der Waals surface area contributed by atoms with E-state index in [1.165, 1.54) is 69.1 Å². The van der Waals surface area contributed by atoms with E-state index >= 15 is 0 Å². The van der Waals surface area contributed by atoms with Crippen LogP contribution in [0.4, 0.5) is 8.78 Å². The standard InChI is InChI=1S/C34H42F2O2/c1-3-5-7-8-9-10-11-13-15-29-24-25-31(33(36)32(29)35)38-34(37)30-22-20-28(21-23-30)27-18-16-26(17-19-27)14-12-6-4-2/h16-25H,3-15H2,1-2H3. The van der Waals surface area contributed by atoms with Crippen molar-refractivity contribution < 1.29 is 18.3 Å². The predicted octanol–water partition coefficient (Wildman–Crippen LogP) is 10.3. The summed E-state index contributed by atoms with van der Waals surface area (Å²) < 4.78 is 34.5. The molecule has 3 aromatic carbocycles. The first kappa shape index (κ1) is 29.5. The Balaban J connectivity index is 1.51. The lowest BCUT2D eigenvalue weighted by Gasteiger charge is -2.10. The van der Waals surface area contributed by atoms with Crippen LogP contribution in [0, 0.1) is 11.6 Å². The summed E-state index contributed by atoms with van der Waals surface area (Å²) in [5, 5.41) is 0. The minimum atomic E-state index is -1.11. The topological polar surface area (TPSA) is 26.3 Å². The SMILES string of the molecule is CCCCCCCCCCc1ccc(OC(=O)c2ccc(-c3ccc(CCCCC)cc3)cc2)c(F)c1F. The summed E-state index contributed by atoms with van der Waals surface area (Å²) in [7, 11) is 0. The molecule has 3 aromatic rings. The van der Waals surface area contributed by atoms with E-state index < -0.39 is 17.6 Å². The molecule has 0 aliphatic heterocycles. The van der Waals surface area contributed by atoms with Gasteiger partial charge in [-0.3, -0.25) is 0 Å². The third kappa shape index (κ3) is 9.08. The van der Waals surface area contributed by atoms with Gasteiger partial charge in [0.25, 0.3) is 0 Å². The van der Waals surface area contributed by atoms with Crippen LogP contribution in [0.5, 0.6) is 5.75 Å². The highest BCUT2D eigenvalue weighted by Crippen LogP contribution is 2.26. The fourth-order valence-electron chi connectivity index (χ4n) is 4.69. The number of carbonyl (C=O) groups excluding carboxylic acids is 1. The summed E-state index contributed by atoms with van der Waals surface area (Å²) in [5.41, 5.74) is 3.97. The molecule has 0 spiro atoms. The summed E-state index contributed by atoms with van der Waals surface area (Å²) in [4.78, 5) is 12.6. The van der Waals surface area contributed by atoms with E-state index in [0.29, 0.717) is 12.0 Å². The van der Waals surface area contributed by atoms with Gasteiger partial charge in [-0.1, -0.05) is 114 Å². The van der Waals surface area contributed by atoms with Crippen LogP contribution in [-0.4, -0.2) is 5.97 Å². The maximum atomic E-state index is 14.7. The van der Waals surface area contributed by atoms with Gasteiger partial charge in [0.05, 0.1) is 5.56 Å². The molecule has 0 heterocycles. The van der Waals surface area contributed by atoms with E-state index in [9.17, 15) is 13.6 Å². The number of rotatable bonds is 16. The van der Waals surface area contributed by atoms with Crippen LogP contribution in [-0.2, 0) is 12.8 Å². The van der Waals surface area contributed by atoms with Crippen LogP contribution in [0.25, 0.3) is 11.1 Å². The second-order valence-electron chi connectivity index (χ2n) is 10.2. The largest absolute Gasteiger partial charge is 0.420 e. The normalized spacial score (nSPS) is 11.1. The molecule has 0 radical (unpaired) electrons. The first-order valence-electron chi connectivity index (χ1n) is 14.4. The molecule has 0 atom stereocenters. The number of hydrogen-bond acceptors (Lipinski definition) is 2. The number of ether oxygens (including phenoxy) is 1. The highest BCUT2D eigenvalue weighted by molar-refractivity contribution is 5.91. The average Bonchev–Trinajstić information content (AvgIpc) is 2.94. The van der Waals surface area contributed by atoms with E-state index in [2.05, 4.69) is 38.1 Å². The van der Waals surface area contributed by atoms with Gasteiger partial charge in [-0.15, -0.1) is 0 Å². The molecule has 0 aliphatic rings. The average molecular weight is 521 g/mol. The Morgan fingerprint density at radius 3 is 1.76 bits per heavy atom. The van der Waals surface area contributed by atoms with Gasteiger partial charge in [0.15, 0.2) is 11.6 Å². The van der Waals surface area contributed by atoms with Crippen LogP contribution >= 0.6 is 0 Å². The number of aryl methyl sites for hydroxylation is 2. The highest BCUT2D eigenvalue weighted by atomic mass is 19.2. The number of hydrogen-bond donors (Lipinski definition) is 0. The lowest BCUT2D eigenvalue weighted by atomic mass is 10.0. The lowest BCUT2D eigenvalue weighted by molar-refractivity contribution is 0.0726. The molecule has 0 fully saturated rings. The Labute approximate surface area is 227 Å². The van der Waals surface area contributed by atoms with E-state index in [4.69, 9.17) is 4.74 Å². The summed E-state index contributed by atoms with van der Waals surface area (Å²) in [6, 6.07) is 18.3. The molecule has 0 bridgehead atoms. The second kappa shape index (κ2) is 16.1. The molecule has 2 nitrogen and oxygen atoms in total. The zero-order chi connectivity index (χ0) is 27.2. The fourth-order valence-corrected chi connectivity index (χ4v) is 4.69. The van der Waals surface area contributed by atoms with Gasteiger partial charge in [-0.2, -0.15) is 4.39 Å². The molecule has 38 heavy (non-hydrogen) atoms. The van der Waals surface area contributed by atoms with Crippen molar-refractivity contribution in [1.29, 1.82) is 0 Å². The Bertz CT molecular complexity index is 1120. The molecule has 0 saturated carbocycles. The van der Waals surface area contributed by atoms with Crippen LogP contribution in [0.2, 0.25) is 0 Å². The molecule has 4 heteroatoms. The summed E-state index contributed by atoms with van der Waals surface area (Å²) in [6.07, 6.45) is 14.3. The molecule has 0 saturated heterocycles. The van der Waals surface area contributed by atoms with Crippen molar-refractivity contribution in [3.8, 4) is 16.9 Å². The molecule has 204 valence electrons. The van der Waals surface area contributed by atoms with Gasteiger partial charge < -0.3 is 4.74 Å². The third-order valence-electron chi connectivity index (χ3n) is 7.11. The van der Waals surface area contributed by atoms with E-state index in [1.54, 1.807) is 12.1 Å². The summed E-state index contributed by atoms with van der Waals surface area (Å²) in [5.74, 6) is -3.12. The smallest absolute Gasteiger partial charge is 0.343 e. The van der Waals surface area contributed by atoms with Crippen molar-refractivity contribution in [3.63, 3.8) is 0 Å². The zero-order valence-corrected chi connectivity index (χ0v) is 23.0. The number of carbonyl (C=O) groups is 1. The molecule has 0 aromatic heterocycles. The van der Waals surface area contributed by atoms with Crippen LogP contribution in [0.1, 0.15) is 106 Å². The molecular formula is C34H42F2O2. The fraction of sp³-hybridized carbons (Fsp3) is 0.441. The summed E-state index contributed by atoms with van der Waals surface area (Å²) >= 11 is 0. The van der Waals surface area contributed by atoms with Gasteiger partial charge in [-0.05, 0) is 66.1 Å². The van der Waals surface area contributed by atoms with Crippen molar-refractivity contribution in [3.05, 3.63) is 89.0 Å². The van der Waals surface area contributed by atoms with Gasteiger partial charge in [0.2, 0.25) is 5.82 Å². The zero-order valence-electron chi connectivity index (χ0n) is 23.0. The minimum absolute atomic E-state index is 0.285. The van der Waals surface area contributed by atoms with E-state index in [-0.39, 0.29) is 11.3 Å². The van der Waals surface area contributed by atoms with Gasteiger partial charge in [0.1, 0.15) is 0 Å². The number of halogens is 2. The Hall–Kier alpha value is -3.01. The monoisotopic (exact) mass is 520 g/mol. The minimum Gasteiger partial charge on any atom is -0.420 e. The van der Waals surface area contributed by atoms with Crippen molar-refractivity contribution in [2.45, 2.75) is 97.3 Å². The van der Waals surface area contributed by atoms with E-state index in [0.717, 1.165) is 36.8 Å². The molecule has 0 aliphatic carbocycles. The molecule has 0 N–H and O–H groups in total. The second-order valence-corrected chi connectivity index (χ2v) is 10.2. The third-order valence-corrected chi connectivity index (χ3v) is 7.11. The quantitative estimate of drug-likeness (QED) is 0.107. The van der Waals surface area contributed by atoms with Crippen LogP contribution in [0.3, 0.4) is 0 Å². The first-order chi connectivity index (χ1) is 18.5. The first-order valence-corrected chi connectivity index (χ1v) is 14.4. The predicted molar refractivity (Wildman–Crippen MR) is 153 cm³/mol. The highest BCUT2D eigenvalue weighted by Gasteiger charge is 2.18. The van der Waals surface area contributed by atoms with Gasteiger partial charge in [-0.25, -0.2) is 9.18 Å². The number of esters is 1. The van der Waals surface area contributed by atoms with Gasteiger partial charge in [0, 0.05) is 0 Å². The van der Waals surface area contributed by atoms with Crippen molar-refractivity contribution in [2.75, 3.05) is 0 Å². The van der Waals surface area contributed by atoms with Crippen molar-refractivity contribution >= 4 is 5.97 Å². The Kier molecular flexibility index (Phi) is 12.5. The Morgan fingerprint density at radius 2 is 1.13 bits per heavy atom. The molecular weight excluding hydrogens is 478 g/mol. The lowest BCUT2D eigenvalue weighted by Crippen LogP contribution is -2.10. The molecule has 0 amide bonds. The van der Waals surface area contributed by atoms with Crippen molar-refractivity contribution in [1.82, 2.24) is 0 Å². The Morgan fingerprint density at radius 1 is 0.605 bits per heavy atom. The van der Waals surface area contributed by atoms with E-state index in [1.807, 2.05) is 12.1 Å². The maximum absolute atomic E-state index is 14.7. The maximum Gasteiger partial charge on any atom is 0.343 e. The van der Waals surface area contributed by atoms with Crippen molar-refractivity contribution in [2.24, 2.45) is 0 Å².